The van der Waals surface area contributed by atoms with Gasteiger partial charge in [-0.1, -0.05) is 11.6 Å². The minimum Gasteiger partial charge on any atom is -0.497 e. The first-order valence-electron chi connectivity index (χ1n) is 10.4. The Hall–Kier alpha value is -4.00. The normalized spacial score (nSPS) is 14.5. The maximum Gasteiger partial charge on any atom is 0.292 e. The van der Waals surface area contributed by atoms with Crippen LogP contribution in [-0.4, -0.2) is 69.6 Å². The summed E-state index contributed by atoms with van der Waals surface area (Å²) >= 11 is 0. The lowest BCUT2D eigenvalue weighted by molar-refractivity contribution is 0.0944. The summed E-state index contributed by atoms with van der Waals surface area (Å²) in [6.45, 7) is 2.32. The molecule has 13 heteroatoms. The number of aromatic nitrogens is 5. The van der Waals surface area contributed by atoms with E-state index in [9.17, 15) is 4.79 Å². The van der Waals surface area contributed by atoms with Crippen molar-refractivity contribution in [3.63, 3.8) is 0 Å². The Morgan fingerprint density at radius 3 is 2.76 bits per heavy atom. The lowest BCUT2D eigenvalue weighted by Crippen LogP contribution is -2.31. The standard InChI is InChI=1S/C20H25N9O4/c1-31-14-7-6-13(16(10-14)32-2)11-22-24-20(30)17-15(12-28-8-4-3-5-9-28)23-27-29(17)19-18(21)25-33-26-19/h6-7,10-11H,3-5,8-9,12H2,1-2H3,(H2,21,25)(H,24,30)/b22-11-. The van der Waals surface area contributed by atoms with Gasteiger partial charge in [0.2, 0.25) is 11.6 Å². The number of hydrazone groups is 1. The molecule has 1 saturated heterocycles. The van der Waals surface area contributed by atoms with Gasteiger partial charge in [-0.3, -0.25) is 9.69 Å². The summed E-state index contributed by atoms with van der Waals surface area (Å²) in [4.78, 5) is 15.4. The summed E-state index contributed by atoms with van der Waals surface area (Å²) in [5.74, 6) is 0.733. The first-order chi connectivity index (χ1) is 16.1. The van der Waals surface area contributed by atoms with Gasteiger partial charge < -0.3 is 15.2 Å². The average molecular weight is 455 g/mol. The number of methoxy groups -OCH3 is 2. The van der Waals surface area contributed by atoms with Crippen molar-refractivity contribution in [2.24, 2.45) is 5.10 Å². The van der Waals surface area contributed by atoms with Crippen LogP contribution in [-0.2, 0) is 6.54 Å². The molecule has 1 aromatic carbocycles. The predicted octanol–water partition coefficient (Wildman–Crippen LogP) is 1.000. The van der Waals surface area contributed by atoms with E-state index in [0.717, 1.165) is 25.9 Å². The Morgan fingerprint density at radius 1 is 1.24 bits per heavy atom. The van der Waals surface area contributed by atoms with E-state index in [2.05, 4.69) is 40.7 Å². The fraction of sp³-hybridized carbons (Fsp3) is 0.400. The highest BCUT2D eigenvalue weighted by Gasteiger charge is 2.26. The van der Waals surface area contributed by atoms with Crippen LogP contribution in [0.1, 0.15) is 41.0 Å². The first kappa shape index (κ1) is 22.2. The number of piperidine rings is 1. The number of amides is 1. The van der Waals surface area contributed by atoms with Crippen LogP contribution in [0.5, 0.6) is 11.5 Å². The van der Waals surface area contributed by atoms with Gasteiger partial charge in [-0.25, -0.2) is 10.1 Å². The van der Waals surface area contributed by atoms with E-state index in [4.69, 9.17) is 15.2 Å². The van der Waals surface area contributed by atoms with Crippen LogP contribution < -0.4 is 20.6 Å². The summed E-state index contributed by atoms with van der Waals surface area (Å²) in [5.41, 5.74) is 9.62. The second-order valence-electron chi connectivity index (χ2n) is 7.41. The zero-order valence-electron chi connectivity index (χ0n) is 18.4. The van der Waals surface area contributed by atoms with E-state index in [1.165, 1.54) is 24.4 Å². The molecule has 0 aliphatic carbocycles. The van der Waals surface area contributed by atoms with Gasteiger partial charge in [0.05, 0.1) is 20.4 Å². The number of nitrogens with zero attached hydrogens (tertiary/aromatic N) is 7. The Balaban J connectivity index is 1.58. The Bertz CT molecular complexity index is 1130. The highest BCUT2D eigenvalue weighted by Crippen LogP contribution is 2.23. The molecule has 0 unspecified atom stereocenters. The summed E-state index contributed by atoms with van der Waals surface area (Å²) in [7, 11) is 3.11. The number of benzene rings is 1. The minimum atomic E-state index is -0.530. The molecule has 174 valence electrons. The van der Waals surface area contributed by atoms with Crippen molar-refractivity contribution in [1.29, 1.82) is 0 Å². The minimum absolute atomic E-state index is 0.00931. The maximum absolute atomic E-state index is 13.1. The monoisotopic (exact) mass is 455 g/mol. The summed E-state index contributed by atoms with van der Waals surface area (Å²) in [6, 6.07) is 5.25. The van der Waals surface area contributed by atoms with Crippen LogP contribution in [0.4, 0.5) is 5.82 Å². The van der Waals surface area contributed by atoms with Crippen LogP contribution >= 0.6 is 0 Å². The number of likely N-dealkylation sites (tertiary alicyclic amines) is 1. The van der Waals surface area contributed by atoms with E-state index in [1.807, 2.05) is 0 Å². The molecule has 3 heterocycles. The Labute approximate surface area is 189 Å². The molecule has 1 fully saturated rings. The summed E-state index contributed by atoms with van der Waals surface area (Å²) in [6.07, 6.45) is 4.87. The molecular formula is C20H25N9O4. The topological polar surface area (TPSA) is 159 Å². The van der Waals surface area contributed by atoms with Gasteiger partial charge in [-0.15, -0.1) is 5.10 Å². The van der Waals surface area contributed by atoms with E-state index in [-0.39, 0.29) is 17.3 Å². The number of nitrogens with two attached hydrogens (primary N) is 1. The third kappa shape index (κ3) is 4.92. The number of nitrogen functional groups attached to an aromatic ring is 1. The van der Waals surface area contributed by atoms with E-state index >= 15 is 0 Å². The number of carbonyl (C=O) groups excluding carboxylic acids is 1. The third-order valence-corrected chi connectivity index (χ3v) is 5.28. The molecule has 0 saturated carbocycles. The van der Waals surface area contributed by atoms with Crippen LogP contribution in [0.2, 0.25) is 0 Å². The number of ether oxygens (including phenoxy) is 2. The number of hydrogen-bond donors (Lipinski definition) is 2. The molecule has 3 aromatic rings. The molecule has 0 bridgehead atoms. The van der Waals surface area contributed by atoms with Crippen LogP contribution in [0.3, 0.4) is 0 Å². The van der Waals surface area contributed by atoms with E-state index < -0.39 is 5.91 Å². The Kier molecular flexibility index (Phi) is 6.78. The zero-order chi connectivity index (χ0) is 23.2. The van der Waals surface area contributed by atoms with Crippen molar-refractivity contribution in [3.8, 4) is 17.3 Å². The van der Waals surface area contributed by atoms with Crippen LogP contribution in [0.15, 0.2) is 27.9 Å². The fourth-order valence-corrected chi connectivity index (χ4v) is 3.60. The lowest BCUT2D eigenvalue weighted by atomic mass is 10.1. The van der Waals surface area contributed by atoms with Crippen molar-refractivity contribution in [2.45, 2.75) is 25.8 Å². The second-order valence-corrected chi connectivity index (χ2v) is 7.41. The van der Waals surface area contributed by atoms with Gasteiger partial charge in [-0.2, -0.15) is 9.78 Å². The molecule has 1 aliphatic heterocycles. The largest absolute Gasteiger partial charge is 0.497 e. The molecule has 0 spiro atoms. The number of anilines is 1. The quantitative estimate of drug-likeness (QED) is 0.370. The molecule has 1 amide bonds. The van der Waals surface area contributed by atoms with Crippen molar-refractivity contribution < 1.29 is 18.9 Å². The smallest absolute Gasteiger partial charge is 0.292 e. The molecule has 3 N–H and O–H groups in total. The maximum atomic E-state index is 13.1. The van der Waals surface area contributed by atoms with Crippen molar-refractivity contribution in [1.82, 2.24) is 35.6 Å². The molecular weight excluding hydrogens is 430 g/mol. The molecule has 0 atom stereocenters. The number of nitrogens with one attached hydrogen (secondary N) is 1. The molecule has 4 rings (SSSR count). The second kappa shape index (κ2) is 10.1. The highest BCUT2D eigenvalue weighted by atomic mass is 16.6. The zero-order valence-corrected chi connectivity index (χ0v) is 18.4. The van der Waals surface area contributed by atoms with Gasteiger partial charge in [0.15, 0.2) is 5.69 Å². The number of hydrogen-bond acceptors (Lipinski definition) is 11. The van der Waals surface area contributed by atoms with Crippen molar-refractivity contribution in [2.75, 3.05) is 33.0 Å². The first-order valence-corrected chi connectivity index (χ1v) is 10.4. The molecule has 2 aromatic heterocycles. The van der Waals surface area contributed by atoms with E-state index in [1.54, 1.807) is 25.3 Å². The van der Waals surface area contributed by atoms with Gasteiger partial charge in [0.1, 0.15) is 17.2 Å². The average Bonchev–Trinajstić information content (AvgIpc) is 3.45. The van der Waals surface area contributed by atoms with Crippen LogP contribution in [0, 0.1) is 0 Å². The predicted molar refractivity (Wildman–Crippen MR) is 117 cm³/mol. The molecule has 1 aliphatic rings. The van der Waals surface area contributed by atoms with Crippen LogP contribution in [0.25, 0.3) is 5.82 Å². The van der Waals surface area contributed by atoms with Gasteiger partial charge in [0, 0.05) is 18.2 Å². The van der Waals surface area contributed by atoms with Crippen molar-refractivity contribution in [3.05, 3.63) is 35.2 Å². The van der Waals surface area contributed by atoms with Gasteiger partial charge in [-0.05, 0) is 48.4 Å². The van der Waals surface area contributed by atoms with Gasteiger partial charge in [0.25, 0.3) is 5.91 Å². The lowest BCUT2D eigenvalue weighted by Gasteiger charge is -2.25. The molecule has 0 radical (unpaired) electrons. The number of rotatable bonds is 8. The Morgan fingerprint density at radius 2 is 2.06 bits per heavy atom. The fourth-order valence-electron chi connectivity index (χ4n) is 3.60. The summed E-state index contributed by atoms with van der Waals surface area (Å²) in [5, 5.41) is 19.7. The molecule has 13 nitrogen and oxygen atoms in total. The third-order valence-electron chi connectivity index (χ3n) is 5.28. The van der Waals surface area contributed by atoms with Crippen molar-refractivity contribution >= 4 is 17.9 Å². The van der Waals surface area contributed by atoms with E-state index in [0.29, 0.717) is 29.3 Å². The molecule has 33 heavy (non-hydrogen) atoms. The number of carbonyl (C=O) groups is 1. The SMILES string of the molecule is COc1ccc(/C=N\NC(=O)c2c(CN3CCCCC3)nnn2-c2nonc2N)c(OC)c1. The summed E-state index contributed by atoms with van der Waals surface area (Å²) < 4.78 is 16.4. The highest BCUT2D eigenvalue weighted by molar-refractivity contribution is 5.95. The van der Waals surface area contributed by atoms with Gasteiger partial charge >= 0.3 is 0 Å².